The van der Waals surface area contributed by atoms with Crippen molar-refractivity contribution in [1.82, 2.24) is 5.32 Å². The molecule has 122 valence electrons. The number of ether oxygens (including phenoxy) is 1. The number of rotatable bonds is 3. The Balaban J connectivity index is 2.26. The van der Waals surface area contributed by atoms with Crippen molar-refractivity contribution in [3.8, 4) is 11.5 Å². The van der Waals surface area contributed by atoms with E-state index in [-0.39, 0.29) is 11.5 Å². The van der Waals surface area contributed by atoms with Crippen molar-refractivity contribution in [2.24, 2.45) is 0 Å². The molecule has 8 heteroatoms. The highest BCUT2D eigenvalue weighted by atomic mass is 35.5. The van der Waals surface area contributed by atoms with Gasteiger partial charge in [0.05, 0.1) is 16.3 Å². The molecule has 4 nitrogen and oxygen atoms in total. The Morgan fingerprint density at radius 2 is 1.87 bits per heavy atom. The Morgan fingerprint density at radius 3 is 2.48 bits per heavy atom. The predicted octanol–water partition coefficient (Wildman–Crippen LogP) is 4.90. The lowest BCUT2D eigenvalue weighted by Crippen LogP contribution is -2.24. The van der Waals surface area contributed by atoms with E-state index in [1.54, 1.807) is 24.3 Å². The lowest BCUT2D eigenvalue weighted by atomic mass is 10.2. The van der Waals surface area contributed by atoms with Gasteiger partial charge in [0.2, 0.25) is 0 Å². The van der Waals surface area contributed by atoms with Crippen molar-refractivity contribution in [1.29, 1.82) is 0 Å². The van der Waals surface area contributed by atoms with Crippen LogP contribution in [0.4, 0.5) is 23.7 Å². The molecule has 0 spiro atoms. The first-order chi connectivity index (χ1) is 10.8. The second-order valence-corrected chi connectivity index (χ2v) is 4.85. The molecule has 0 fully saturated rings. The number of hydrogen-bond donors (Lipinski definition) is 2. The van der Waals surface area contributed by atoms with Gasteiger partial charge in [0, 0.05) is 13.1 Å². The smallest absolute Gasteiger partial charge is 0.417 e. The molecule has 0 heterocycles. The van der Waals surface area contributed by atoms with Crippen LogP contribution in [-0.4, -0.2) is 13.1 Å². The lowest BCUT2D eigenvalue weighted by Gasteiger charge is -2.14. The van der Waals surface area contributed by atoms with Gasteiger partial charge in [-0.2, -0.15) is 13.2 Å². The monoisotopic (exact) mass is 344 g/mol. The van der Waals surface area contributed by atoms with Crippen LogP contribution in [0.2, 0.25) is 5.02 Å². The highest BCUT2D eigenvalue weighted by Gasteiger charge is 2.33. The summed E-state index contributed by atoms with van der Waals surface area (Å²) in [7, 11) is 1.45. The fourth-order valence-corrected chi connectivity index (χ4v) is 2.04. The molecule has 0 aliphatic heterocycles. The molecule has 0 saturated heterocycles. The summed E-state index contributed by atoms with van der Waals surface area (Å²) in [4.78, 5) is 11.4. The van der Waals surface area contributed by atoms with E-state index >= 15 is 0 Å². The molecule has 0 unspecified atom stereocenters. The third-order valence-electron chi connectivity index (χ3n) is 2.84. The number of carbonyl (C=O) groups excluding carboxylic acids is 1. The van der Waals surface area contributed by atoms with Gasteiger partial charge in [0.25, 0.3) is 0 Å². The normalized spacial score (nSPS) is 11.0. The van der Waals surface area contributed by atoms with Gasteiger partial charge in [-0.05, 0) is 24.3 Å². The number of urea groups is 1. The molecule has 0 aromatic heterocycles. The number of para-hydroxylation sites is 2. The summed E-state index contributed by atoms with van der Waals surface area (Å²) in [5.74, 6) is 0.390. The van der Waals surface area contributed by atoms with Gasteiger partial charge in [-0.3, -0.25) is 0 Å². The molecule has 2 N–H and O–H groups in total. The van der Waals surface area contributed by atoms with Crippen LogP contribution in [0.15, 0.2) is 42.5 Å². The number of hydrogen-bond acceptors (Lipinski definition) is 2. The summed E-state index contributed by atoms with van der Waals surface area (Å²) < 4.78 is 43.5. The van der Waals surface area contributed by atoms with Crippen LogP contribution in [0.1, 0.15) is 5.56 Å². The van der Waals surface area contributed by atoms with E-state index in [9.17, 15) is 18.0 Å². The van der Waals surface area contributed by atoms with Crippen LogP contribution in [0.3, 0.4) is 0 Å². The van der Waals surface area contributed by atoms with Crippen molar-refractivity contribution >= 4 is 23.3 Å². The van der Waals surface area contributed by atoms with Crippen molar-refractivity contribution in [2.75, 3.05) is 12.4 Å². The quantitative estimate of drug-likeness (QED) is 0.831. The molecule has 0 saturated carbocycles. The van der Waals surface area contributed by atoms with E-state index in [2.05, 4.69) is 10.6 Å². The molecule has 0 atom stereocenters. The molecule has 2 aromatic rings. The van der Waals surface area contributed by atoms with Crippen molar-refractivity contribution in [3.05, 3.63) is 53.1 Å². The fourth-order valence-electron chi connectivity index (χ4n) is 1.76. The minimum Gasteiger partial charge on any atom is -0.455 e. The van der Waals surface area contributed by atoms with E-state index in [0.717, 1.165) is 18.2 Å². The number of anilines is 1. The third kappa shape index (κ3) is 4.29. The Morgan fingerprint density at radius 1 is 1.17 bits per heavy atom. The Labute approximate surface area is 135 Å². The number of amides is 2. The zero-order valence-electron chi connectivity index (χ0n) is 11.9. The van der Waals surface area contributed by atoms with Gasteiger partial charge in [-0.25, -0.2) is 4.79 Å². The van der Waals surface area contributed by atoms with Gasteiger partial charge >= 0.3 is 12.2 Å². The van der Waals surface area contributed by atoms with Crippen molar-refractivity contribution in [3.63, 3.8) is 0 Å². The van der Waals surface area contributed by atoms with Gasteiger partial charge in [0.15, 0.2) is 5.75 Å². The summed E-state index contributed by atoms with van der Waals surface area (Å²) in [5.41, 5.74) is -0.578. The van der Waals surface area contributed by atoms with E-state index in [1.165, 1.54) is 7.05 Å². The van der Waals surface area contributed by atoms with E-state index in [0.29, 0.717) is 5.69 Å². The molecule has 23 heavy (non-hydrogen) atoms. The standard InChI is InChI=1S/C15H12ClF3N2O2/c1-20-14(22)21-12-4-2-3-5-13(12)23-9-6-7-10(11(16)8-9)15(17,18)19/h2-8H,1H3,(H2,20,21,22). The fraction of sp³-hybridized carbons (Fsp3) is 0.133. The zero-order chi connectivity index (χ0) is 17.0. The van der Waals surface area contributed by atoms with Gasteiger partial charge in [-0.1, -0.05) is 23.7 Å². The summed E-state index contributed by atoms with van der Waals surface area (Å²) in [6.45, 7) is 0. The molecule has 0 aliphatic rings. The first-order valence-corrected chi connectivity index (χ1v) is 6.81. The second-order valence-electron chi connectivity index (χ2n) is 4.44. The predicted molar refractivity (Wildman–Crippen MR) is 81.0 cm³/mol. The minimum absolute atomic E-state index is 0.120. The highest BCUT2D eigenvalue weighted by Crippen LogP contribution is 2.38. The molecule has 0 radical (unpaired) electrons. The summed E-state index contributed by atoms with van der Waals surface area (Å²) in [6.07, 6.45) is -4.53. The topological polar surface area (TPSA) is 50.4 Å². The zero-order valence-corrected chi connectivity index (χ0v) is 12.6. The first-order valence-electron chi connectivity index (χ1n) is 6.43. The Hall–Kier alpha value is -2.41. The summed E-state index contributed by atoms with van der Waals surface area (Å²) >= 11 is 5.65. The second kappa shape index (κ2) is 6.78. The van der Waals surface area contributed by atoms with Crippen LogP contribution in [0.25, 0.3) is 0 Å². The van der Waals surface area contributed by atoms with Crippen molar-refractivity contribution in [2.45, 2.75) is 6.18 Å². The summed E-state index contributed by atoms with van der Waals surface area (Å²) in [5, 5.41) is 4.46. The largest absolute Gasteiger partial charge is 0.455 e. The highest BCUT2D eigenvalue weighted by molar-refractivity contribution is 6.31. The van der Waals surface area contributed by atoms with Crippen LogP contribution >= 0.6 is 11.6 Å². The Kier molecular flexibility index (Phi) is 5.00. The lowest BCUT2D eigenvalue weighted by molar-refractivity contribution is -0.137. The Bertz CT molecular complexity index is 720. The van der Waals surface area contributed by atoms with E-state index < -0.39 is 22.8 Å². The summed E-state index contributed by atoms with van der Waals surface area (Å²) in [6, 6.07) is 9.12. The maximum Gasteiger partial charge on any atom is 0.417 e. The first kappa shape index (κ1) is 17.0. The SMILES string of the molecule is CNC(=O)Nc1ccccc1Oc1ccc(C(F)(F)F)c(Cl)c1. The van der Waals surface area contributed by atoms with E-state index in [1.807, 2.05) is 0 Å². The number of benzene rings is 2. The number of nitrogens with one attached hydrogen (secondary N) is 2. The number of alkyl halides is 3. The molecule has 0 bridgehead atoms. The molecule has 2 amide bonds. The van der Waals surface area contributed by atoms with Crippen LogP contribution in [0, 0.1) is 0 Å². The van der Waals surface area contributed by atoms with E-state index in [4.69, 9.17) is 16.3 Å². The molecular formula is C15H12ClF3N2O2. The van der Waals surface area contributed by atoms with Crippen LogP contribution in [0.5, 0.6) is 11.5 Å². The molecule has 0 aliphatic carbocycles. The van der Waals surface area contributed by atoms with Crippen LogP contribution in [-0.2, 0) is 6.18 Å². The maximum atomic E-state index is 12.7. The molecule has 2 aromatic carbocycles. The average Bonchev–Trinajstić information content (AvgIpc) is 2.48. The third-order valence-corrected chi connectivity index (χ3v) is 3.15. The van der Waals surface area contributed by atoms with Crippen LogP contribution < -0.4 is 15.4 Å². The van der Waals surface area contributed by atoms with Gasteiger partial charge in [-0.15, -0.1) is 0 Å². The maximum absolute atomic E-state index is 12.7. The number of halogens is 4. The number of carbonyl (C=O) groups is 1. The minimum atomic E-state index is -4.53. The molecule has 2 rings (SSSR count). The average molecular weight is 345 g/mol. The van der Waals surface area contributed by atoms with Gasteiger partial charge in [0.1, 0.15) is 5.75 Å². The van der Waals surface area contributed by atoms with Gasteiger partial charge < -0.3 is 15.4 Å². The molecular weight excluding hydrogens is 333 g/mol. The van der Waals surface area contributed by atoms with Crippen molar-refractivity contribution < 1.29 is 22.7 Å².